The zero-order valence-corrected chi connectivity index (χ0v) is 11.0. The third-order valence-electron chi connectivity index (χ3n) is 2.48. The van der Waals surface area contributed by atoms with E-state index >= 15 is 0 Å². The molecule has 3 N–H and O–H groups in total. The van der Waals surface area contributed by atoms with Crippen LogP contribution >= 0.6 is 0 Å². The minimum absolute atomic E-state index is 0.0893. The summed E-state index contributed by atoms with van der Waals surface area (Å²) in [7, 11) is -3.96. The minimum Gasteiger partial charge on any atom is -0.326 e. The fraction of sp³-hybridized carbons (Fsp3) is 0.0833. The Labute approximate surface area is 114 Å². The Bertz CT molecular complexity index is 718. The van der Waals surface area contributed by atoms with Gasteiger partial charge < -0.3 is 5.73 Å². The number of nitrogens with zero attached hydrogens (tertiary/aromatic N) is 1. The summed E-state index contributed by atoms with van der Waals surface area (Å²) in [5.74, 6) is -2.20. The summed E-state index contributed by atoms with van der Waals surface area (Å²) in [4.78, 5) is 3.76. The largest absolute Gasteiger partial charge is 0.326 e. The van der Waals surface area contributed by atoms with Crippen LogP contribution in [0.2, 0.25) is 0 Å². The number of halogens is 2. The van der Waals surface area contributed by atoms with Crippen LogP contribution in [-0.2, 0) is 16.6 Å². The SMILES string of the molecule is NCc1ccc(S(=O)(=O)Nc2ccc(F)c(F)c2)nc1. The number of aromatic nitrogens is 1. The molecule has 1 aromatic carbocycles. The summed E-state index contributed by atoms with van der Waals surface area (Å²) >= 11 is 0. The molecule has 0 atom stereocenters. The first-order chi connectivity index (χ1) is 9.42. The zero-order valence-electron chi connectivity index (χ0n) is 10.2. The number of anilines is 1. The van der Waals surface area contributed by atoms with Crippen molar-refractivity contribution in [2.45, 2.75) is 11.6 Å². The first kappa shape index (κ1) is 14.4. The average molecular weight is 299 g/mol. The maximum Gasteiger partial charge on any atom is 0.279 e. The lowest BCUT2D eigenvalue weighted by atomic mass is 10.3. The first-order valence-electron chi connectivity index (χ1n) is 5.55. The molecule has 1 heterocycles. The van der Waals surface area contributed by atoms with E-state index in [1.54, 1.807) is 0 Å². The van der Waals surface area contributed by atoms with Gasteiger partial charge in [0.25, 0.3) is 10.0 Å². The van der Waals surface area contributed by atoms with Gasteiger partial charge in [-0.3, -0.25) is 4.72 Å². The van der Waals surface area contributed by atoms with Crippen molar-refractivity contribution in [3.63, 3.8) is 0 Å². The van der Waals surface area contributed by atoms with E-state index in [9.17, 15) is 17.2 Å². The molecule has 0 amide bonds. The van der Waals surface area contributed by atoms with E-state index in [0.29, 0.717) is 5.56 Å². The third kappa shape index (κ3) is 3.09. The molecule has 0 unspecified atom stereocenters. The molecule has 5 nitrogen and oxygen atoms in total. The van der Waals surface area contributed by atoms with Crippen LogP contribution in [0, 0.1) is 11.6 Å². The highest BCUT2D eigenvalue weighted by Gasteiger charge is 2.16. The standard InChI is InChI=1S/C12H11F2N3O2S/c13-10-3-2-9(5-11(10)14)17-20(18,19)12-4-1-8(6-15)7-16-12/h1-5,7,17H,6,15H2. The highest BCUT2D eigenvalue weighted by atomic mass is 32.2. The number of hydrogen-bond donors (Lipinski definition) is 2. The van der Waals surface area contributed by atoms with Gasteiger partial charge >= 0.3 is 0 Å². The lowest BCUT2D eigenvalue weighted by Crippen LogP contribution is -2.15. The van der Waals surface area contributed by atoms with Crippen molar-refractivity contribution in [1.82, 2.24) is 4.98 Å². The molecule has 0 aliphatic rings. The highest BCUT2D eigenvalue weighted by molar-refractivity contribution is 7.92. The van der Waals surface area contributed by atoms with E-state index < -0.39 is 21.7 Å². The second-order valence-electron chi connectivity index (χ2n) is 3.94. The second kappa shape index (κ2) is 5.51. The molecule has 0 bridgehead atoms. The van der Waals surface area contributed by atoms with Gasteiger partial charge in [0.05, 0.1) is 5.69 Å². The third-order valence-corrected chi connectivity index (χ3v) is 3.78. The van der Waals surface area contributed by atoms with Crippen LogP contribution in [-0.4, -0.2) is 13.4 Å². The van der Waals surface area contributed by atoms with Crippen LogP contribution < -0.4 is 10.5 Å². The molecule has 0 saturated carbocycles. The molecular weight excluding hydrogens is 288 g/mol. The molecule has 0 saturated heterocycles. The van der Waals surface area contributed by atoms with Crippen LogP contribution in [0.3, 0.4) is 0 Å². The summed E-state index contributed by atoms with van der Waals surface area (Å²) < 4.78 is 51.8. The Hall–Kier alpha value is -2.06. The van der Waals surface area contributed by atoms with Crippen molar-refractivity contribution in [2.24, 2.45) is 5.73 Å². The smallest absolute Gasteiger partial charge is 0.279 e. The predicted octanol–water partition coefficient (Wildman–Crippen LogP) is 1.62. The van der Waals surface area contributed by atoms with E-state index in [-0.39, 0.29) is 17.3 Å². The van der Waals surface area contributed by atoms with Crippen LogP contribution in [0.15, 0.2) is 41.6 Å². The van der Waals surface area contributed by atoms with Crippen molar-refractivity contribution < 1.29 is 17.2 Å². The maximum absolute atomic E-state index is 13.0. The van der Waals surface area contributed by atoms with Crippen molar-refractivity contribution in [3.8, 4) is 0 Å². The minimum atomic E-state index is -3.96. The van der Waals surface area contributed by atoms with Gasteiger partial charge in [-0.05, 0) is 23.8 Å². The molecule has 106 valence electrons. The zero-order chi connectivity index (χ0) is 14.8. The first-order valence-corrected chi connectivity index (χ1v) is 7.03. The summed E-state index contributed by atoms with van der Waals surface area (Å²) in [5, 5.41) is -0.237. The Balaban J connectivity index is 2.27. The monoisotopic (exact) mass is 299 g/mol. The van der Waals surface area contributed by atoms with Crippen LogP contribution in [0.4, 0.5) is 14.5 Å². The predicted molar refractivity (Wildman–Crippen MR) is 69.3 cm³/mol. The molecule has 1 aromatic heterocycles. The van der Waals surface area contributed by atoms with Gasteiger partial charge in [-0.1, -0.05) is 6.07 Å². The van der Waals surface area contributed by atoms with E-state index in [1.807, 2.05) is 0 Å². The van der Waals surface area contributed by atoms with Gasteiger partial charge in [0.2, 0.25) is 0 Å². The van der Waals surface area contributed by atoms with Gasteiger partial charge in [0, 0.05) is 18.8 Å². The summed E-state index contributed by atoms with van der Waals surface area (Å²) in [6, 6.07) is 5.50. The fourth-order valence-corrected chi connectivity index (χ4v) is 2.44. The van der Waals surface area contributed by atoms with Gasteiger partial charge in [-0.15, -0.1) is 0 Å². The van der Waals surface area contributed by atoms with Crippen molar-refractivity contribution in [3.05, 3.63) is 53.7 Å². The summed E-state index contributed by atoms with van der Waals surface area (Å²) in [6.45, 7) is 0.240. The molecule has 0 fully saturated rings. The molecule has 0 radical (unpaired) electrons. The Morgan fingerprint density at radius 3 is 2.45 bits per heavy atom. The number of nitrogens with one attached hydrogen (secondary N) is 1. The van der Waals surface area contributed by atoms with E-state index in [4.69, 9.17) is 5.73 Å². The Kier molecular flexibility index (Phi) is 3.96. The van der Waals surface area contributed by atoms with Crippen molar-refractivity contribution in [2.75, 3.05) is 4.72 Å². The van der Waals surface area contributed by atoms with Crippen molar-refractivity contribution >= 4 is 15.7 Å². The summed E-state index contributed by atoms with van der Waals surface area (Å²) in [6.07, 6.45) is 1.33. The number of nitrogens with two attached hydrogens (primary N) is 1. The normalized spacial score (nSPS) is 11.3. The van der Waals surface area contributed by atoms with Gasteiger partial charge in [-0.25, -0.2) is 13.8 Å². The van der Waals surface area contributed by atoms with Crippen LogP contribution in [0.25, 0.3) is 0 Å². The molecule has 0 aliphatic heterocycles. The Morgan fingerprint density at radius 1 is 1.15 bits per heavy atom. The summed E-state index contributed by atoms with van der Waals surface area (Å²) in [5.41, 5.74) is 5.97. The molecule has 2 aromatic rings. The second-order valence-corrected chi connectivity index (χ2v) is 5.57. The van der Waals surface area contributed by atoms with Gasteiger partial charge in [-0.2, -0.15) is 8.42 Å². The molecule has 2 rings (SSSR count). The van der Waals surface area contributed by atoms with Gasteiger partial charge in [0.1, 0.15) is 0 Å². The van der Waals surface area contributed by atoms with Crippen molar-refractivity contribution in [1.29, 1.82) is 0 Å². The molecule has 0 spiro atoms. The highest BCUT2D eigenvalue weighted by Crippen LogP contribution is 2.17. The maximum atomic E-state index is 13.0. The number of sulfonamides is 1. The molecule has 20 heavy (non-hydrogen) atoms. The lowest BCUT2D eigenvalue weighted by Gasteiger charge is -2.08. The lowest BCUT2D eigenvalue weighted by molar-refractivity contribution is 0.509. The number of hydrogen-bond acceptors (Lipinski definition) is 4. The van der Waals surface area contributed by atoms with E-state index in [0.717, 1.165) is 18.2 Å². The topological polar surface area (TPSA) is 85.1 Å². The van der Waals surface area contributed by atoms with Gasteiger partial charge in [0.15, 0.2) is 16.7 Å². The number of benzene rings is 1. The average Bonchev–Trinajstić information content (AvgIpc) is 2.43. The molecule has 8 heteroatoms. The molecular formula is C12H11F2N3O2S. The van der Waals surface area contributed by atoms with Crippen LogP contribution in [0.1, 0.15) is 5.56 Å². The number of rotatable bonds is 4. The molecule has 0 aliphatic carbocycles. The van der Waals surface area contributed by atoms with Crippen LogP contribution in [0.5, 0.6) is 0 Å². The number of pyridine rings is 1. The quantitative estimate of drug-likeness (QED) is 0.898. The van der Waals surface area contributed by atoms with E-state index in [2.05, 4.69) is 9.71 Å². The van der Waals surface area contributed by atoms with E-state index in [1.165, 1.54) is 18.3 Å². The Morgan fingerprint density at radius 2 is 1.90 bits per heavy atom. The fourth-order valence-electron chi connectivity index (χ4n) is 1.46.